The van der Waals surface area contributed by atoms with E-state index in [-0.39, 0.29) is 16.6 Å². The second kappa shape index (κ2) is 2.97. The molecular weight excluding hydrogens is 198 g/mol. The van der Waals surface area contributed by atoms with E-state index in [1.807, 2.05) is 0 Å². The molecule has 2 unspecified atom stereocenters. The highest BCUT2D eigenvalue weighted by Gasteiger charge is 2.65. The number of ketones is 1. The van der Waals surface area contributed by atoms with E-state index in [1.165, 1.54) is 0 Å². The zero-order chi connectivity index (χ0) is 10.6. The zero-order valence-electron chi connectivity index (χ0n) is 8.71. The van der Waals surface area contributed by atoms with E-state index in [0.717, 1.165) is 12.8 Å². The average molecular weight is 215 g/mol. The van der Waals surface area contributed by atoms with Crippen molar-refractivity contribution in [1.82, 2.24) is 0 Å². The largest absolute Gasteiger partial charge is 0.598 e. The molecule has 3 atom stereocenters. The number of hydrogen-bond donors (Lipinski definition) is 1. The molecule has 2 fully saturated rings. The first kappa shape index (κ1) is 10.5. The fraction of sp³-hybridized carbons (Fsp3) is 0.900. The minimum atomic E-state index is -1.36. The van der Waals surface area contributed by atoms with Crippen molar-refractivity contribution in [2.45, 2.75) is 33.1 Å². The molecule has 0 aromatic heterocycles. The third kappa shape index (κ3) is 1.11. The van der Waals surface area contributed by atoms with Crippen LogP contribution >= 0.6 is 0 Å². The van der Waals surface area contributed by atoms with Gasteiger partial charge in [0.15, 0.2) is 0 Å². The normalized spacial score (nSPS) is 41.7. The molecule has 2 N–H and O–H groups in total. The van der Waals surface area contributed by atoms with Crippen LogP contribution in [0.4, 0.5) is 0 Å². The van der Waals surface area contributed by atoms with Crippen LogP contribution in [0, 0.1) is 16.7 Å². The first-order valence-electron chi connectivity index (χ1n) is 5.06. The molecule has 2 aliphatic carbocycles. The first-order chi connectivity index (χ1) is 6.40. The smallest absolute Gasteiger partial charge is 0.144 e. The van der Waals surface area contributed by atoms with Gasteiger partial charge in [0.2, 0.25) is 0 Å². The molecule has 3 nitrogen and oxygen atoms in total. The molecule has 0 saturated heterocycles. The average Bonchev–Trinajstić information content (AvgIpc) is 2.36. The molecule has 2 saturated carbocycles. The van der Waals surface area contributed by atoms with Gasteiger partial charge < -0.3 is 4.55 Å². The Morgan fingerprint density at radius 2 is 2.29 bits per heavy atom. The maximum atomic E-state index is 11.9. The van der Waals surface area contributed by atoms with E-state index in [4.69, 9.17) is 5.14 Å². The standard InChI is InChI=1S/C10H17NO2S/c1-9(2)7-3-4-10(9,6-14(11)13)8(12)5-7/h7H,3-6,11H2,1-2H3/t7?,10-,14?/m0/s1. The topological polar surface area (TPSA) is 66.2 Å². The van der Waals surface area contributed by atoms with E-state index >= 15 is 0 Å². The van der Waals surface area contributed by atoms with E-state index < -0.39 is 11.4 Å². The predicted octanol–water partition coefficient (Wildman–Crippen LogP) is 1.00. The molecule has 4 heteroatoms. The maximum Gasteiger partial charge on any atom is 0.144 e. The SMILES string of the molecule is CC1(C)C2CC[C@]1(C[S+](N)[O-])C(=O)C2. The van der Waals surface area contributed by atoms with Crippen LogP contribution in [0.3, 0.4) is 0 Å². The molecule has 0 radical (unpaired) electrons. The van der Waals surface area contributed by atoms with Crippen LogP contribution in [0.5, 0.6) is 0 Å². The van der Waals surface area contributed by atoms with Crippen molar-refractivity contribution in [3.8, 4) is 0 Å². The summed E-state index contributed by atoms with van der Waals surface area (Å²) >= 11 is -1.36. The summed E-state index contributed by atoms with van der Waals surface area (Å²) < 4.78 is 11.2. The Hall–Kier alpha value is -0.0600. The summed E-state index contributed by atoms with van der Waals surface area (Å²) in [5, 5.41) is 5.35. The van der Waals surface area contributed by atoms with Crippen LogP contribution < -0.4 is 5.14 Å². The molecular formula is C10H17NO2S. The summed E-state index contributed by atoms with van der Waals surface area (Å²) in [5.74, 6) is 1.13. The molecule has 80 valence electrons. The van der Waals surface area contributed by atoms with Crippen LogP contribution in [-0.2, 0) is 16.2 Å². The third-order valence-corrected chi connectivity index (χ3v) is 5.31. The van der Waals surface area contributed by atoms with Crippen LogP contribution in [0.2, 0.25) is 0 Å². The highest BCUT2D eigenvalue weighted by atomic mass is 32.2. The van der Waals surface area contributed by atoms with Gasteiger partial charge in [0, 0.05) is 17.8 Å². The lowest BCUT2D eigenvalue weighted by atomic mass is 9.70. The summed E-state index contributed by atoms with van der Waals surface area (Å²) in [6.45, 7) is 4.25. The van der Waals surface area contributed by atoms with Gasteiger partial charge in [-0.3, -0.25) is 4.79 Å². The lowest BCUT2D eigenvalue weighted by molar-refractivity contribution is -0.128. The number of rotatable bonds is 2. The third-order valence-electron chi connectivity index (χ3n) is 4.53. The van der Waals surface area contributed by atoms with Gasteiger partial charge in [-0.05, 0) is 24.2 Å². The summed E-state index contributed by atoms with van der Waals surface area (Å²) in [5.41, 5.74) is -0.379. The number of hydrogen-bond acceptors (Lipinski definition) is 3. The molecule has 0 amide bonds. The molecule has 0 aromatic rings. The number of fused-ring (bicyclic) bond motifs is 2. The van der Waals surface area contributed by atoms with Gasteiger partial charge >= 0.3 is 0 Å². The molecule has 2 bridgehead atoms. The molecule has 0 heterocycles. The predicted molar refractivity (Wildman–Crippen MR) is 55.8 cm³/mol. The van der Waals surface area contributed by atoms with Crippen molar-refractivity contribution >= 4 is 17.1 Å². The highest BCUT2D eigenvalue weighted by Crippen LogP contribution is 2.64. The van der Waals surface area contributed by atoms with Crippen molar-refractivity contribution in [2.75, 3.05) is 5.75 Å². The van der Waals surface area contributed by atoms with Crippen LogP contribution in [0.1, 0.15) is 33.1 Å². The van der Waals surface area contributed by atoms with Crippen LogP contribution in [0.15, 0.2) is 0 Å². The van der Waals surface area contributed by atoms with Gasteiger partial charge in [-0.15, -0.1) is 0 Å². The van der Waals surface area contributed by atoms with Crippen molar-refractivity contribution in [2.24, 2.45) is 21.9 Å². The Morgan fingerprint density at radius 3 is 2.64 bits per heavy atom. The van der Waals surface area contributed by atoms with Crippen LogP contribution in [0.25, 0.3) is 0 Å². The molecule has 0 aromatic carbocycles. The van der Waals surface area contributed by atoms with E-state index in [9.17, 15) is 9.35 Å². The fourth-order valence-corrected chi connectivity index (χ4v) is 4.51. The lowest BCUT2D eigenvalue weighted by Gasteiger charge is -2.34. The van der Waals surface area contributed by atoms with Gasteiger partial charge in [-0.2, -0.15) is 5.14 Å². The maximum absolute atomic E-state index is 11.9. The Labute approximate surface area is 87.7 Å². The summed E-state index contributed by atoms with van der Waals surface area (Å²) in [7, 11) is 0. The number of carbonyl (C=O) groups is 1. The number of nitrogens with two attached hydrogens (primary N) is 1. The van der Waals surface area contributed by atoms with Gasteiger partial charge in [0.05, 0.1) is 5.41 Å². The minimum Gasteiger partial charge on any atom is -0.598 e. The van der Waals surface area contributed by atoms with E-state index in [0.29, 0.717) is 18.1 Å². The Balaban J connectivity index is 2.34. The van der Waals surface area contributed by atoms with Gasteiger partial charge in [0.25, 0.3) is 0 Å². The number of carbonyl (C=O) groups excluding carboxylic acids is 1. The van der Waals surface area contributed by atoms with E-state index in [1.54, 1.807) is 0 Å². The summed E-state index contributed by atoms with van der Waals surface area (Å²) in [4.78, 5) is 11.9. The molecule has 2 aliphatic rings. The zero-order valence-corrected chi connectivity index (χ0v) is 9.52. The summed E-state index contributed by atoms with van der Waals surface area (Å²) in [6, 6.07) is 0. The monoisotopic (exact) mass is 215 g/mol. The second-order valence-electron chi connectivity index (χ2n) is 5.19. The molecule has 2 rings (SSSR count). The quantitative estimate of drug-likeness (QED) is 0.699. The Kier molecular flexibility index (Phi) is 2.22. The van der Waals surface area contributed by atoms with Crippen molar-refractivity contribution < 1.29 is 9.35 Å². The molecule has 14 heavy (non-hydrogen) atoms. The van der Waals surface area contributed by atoms with Crippen molar-refractivity contribution in [3.63, 3.8) is 0 Å². The first-order valence-corrected chi connectivity index (χ1v) is 6.44. The van der Waals surface area contributed by atoms with E-state index in [2.05, 4.69) is 13.8 Å². The number of Topliss-reactive ketones (excluding diaryl/α,β-unsaturated/α-hetero) is 1. The summed E-state index contributed by atoms with van der Waals surface area (Å²) in [6.07, 6.45) is 2.65. The fourth-order valence-electron chi connectivity index (χ4n) is 3.35. The Bertz CT molecular complexity index is 277. The van der Waals surface area contributed by atoms with Gasteiger partial charge in [-0.25, -0.2) is 0 Å². The minimum absolute atomic E-state index is 0.000880. The van der Waals surface area contributed by atoms with Crippen LogP contribution in [-0.4, -0.2) is 16.1 Å². The Morgan fingerprint density at radius 1 is 1.64 bits per heavy atom. The second-order valence-corrected chi connectivity index (χ2v) is 6.24. The lowest BCUT2D eigenvalue weighted by Crippen LogP contribution is -2.43. The molecule has 0 aliphatic heterocycles. The van der Waals surface area contributed by atoms with Crippen molar-refractivity contribution in [3.05, 3.63) is 0 Å². The van der Waals surface area contributed by atoms with Crippen molar-refractivity contribution in [1.29, 1.82) is 0 Å². The molecule has 0 spiro atoms. The highest BCUT2D eigenvalue weighted by molar-refractivity contribution is 7.89. The van der Waals surface area contributed by atoms with Gasteiger partial charge in [-0.1, -0.05) is 13.8 Å². The van der Waals surface area contributed by atoms with Gasteiger partial charge in [0.1, 0.15) is 11.5 Å².